The van der Waals surface area contributed by atoms with Gasteiger partial charge in [0, 0.05) is 6.54 Å². The number of hydrogen-bond acceptors (Lipinski definition) is 3. The molecule has 0 saturated heterocycles. The van der Waals surface area contributed by atoms with Crippen LogP contribution < -0.4 is 10.5 Å². The van der Waals surface area contributed by atoms with Crippen LogP contribution in [0.1, 0.15) is 12.0 Å². The third-order valence-electron chi connectivity index (χ3n) is 2.18. The molecule has 0 heterocycles. The number of halogens is 3. The van der Waals surface area contributed by atoms with Crippen molar-refractivity contribution in [2.75, 3.05) is 13.1 Å². The third kappa shape index (κ3) is 4.47. The number of nitrogens with one attached hydrogen (secondary N) is 1. The molecular formula is C10H15BrClFN2O2S. The van der Waals surface area contributed by atoms with Crippen molar-refractivity contribution in [3.05, 3.63) is 28.0 Å². The molecule has 18 heavy (non-hydrogen) atoms. The average molecular weight is 362 g/mol. The van der Waals surface area contributed by atoms with Gasteiger partial charge in [-0.05, 0) is 53.5 Å². The van der Waals surface area contributed by atoms with E-state index < -0.39 is 15.8 Å². The Balaban J connectivity index is 0.00000289. The Bertz CT molecular complexity index is 511. The lowest BCUT2D eigenvalue weighted by Crippen LogP contribution is -2.26. The Morgan fingerprint density at radius 2 is 2.06 bits per heavy atom. The standard InChI is InChI=1S/C10H14BrFN2O2S.ClH/c1-7-5-9(12)8(11)6-10(7)17(15,16)14-4-2-3-13;/h5-6,14H,2-4,13H2,1H3;1H. The smallest absolute Gasteiger partial charge is 0.240 e. The second-order valence-electron chi connectivity index (χ2n) is 3.57. The fraction of sp³-hybridized carbons (Fsp3) is 0.400. The quantitative estimate of drug-likeness (QED) is 0.787. The van der Waals surface area contributed by atoms with E-state index in [1.165, 1.54) is 12.1 Å². The van der Waals surface area contributed by atoms with Crippen molar-refractivity contribution in [3.8, 4) is 0 Å². The van der Waals surface area contributed by atoms with Gasteiger partial charge in [-0.2, -0.15) is 0 Å². The van der Waals surface area contributed by atoms with Crippen molar-refractivity contribution in [1.82, 2.24) is 4.72 Å². The molecule has 1 aromatic carbocycles. The summed E-state index contributed by atoms with van der Waals surface area (Å²) in [4.78, 5) is 0.0720. The van der Waals surface area contributed by atoms with Crippen LogP contribution in [0.3, 0.4) is 0 Å². The van der Waals surface area contributed by atoms with Crippen LogP contribution in [0.5, 0.6) is 0 Å². The van der Waals surface area contributed by atoms with Gasteiger partial charge in [0.2, 0.25) is 10.0 Å². The first-order valence-corrected chi connectivity index (χ1v) is 7.31. The van der Waals surface area contributed by atoms with E-state index in [9.17, 15) is 12.8 Å². The fourth-order valence-corrected chi connectivity index (χ4v) is 3.12. The SMILES string of the molecule is Cc1cc(F)c(Br)cc1S(=O)(=O)NCCCN.Cl. The maximum atomic E-state index is 13.2. The van der Waals surface area contributed by atoms with Crippen molar-refractivity contribution < 1.29 is 12.8 Å². The van der Waals surface area contributed by atoms with Gasteiger partial charge in [-0.1, -0.05) is 0 Å². The zero-order valence-electron chi connectivity index (χ0n) is 9.74. The lowest BCUT2D eigenvalue weighted by Gasteiger charge is -2.09. The van der Waals surface area contributed by atoms with Crippen molar-refractivity contribution in [2.24, 2.45) is 5.73 Å². The van der Waals surface area contributed by atoms with Gasteiger partial charge in [0.15, 0.2) is 0 Å². The summed E-state index contributed by atoms with van der Waals surface area (Å²) >= 11 is 2.97. The fourth-order valence-electron chi connectivity index (χ4n) is 1.30. The van der Waals surface area contributed by atoms with Crippen molar-refractivity contribution >= 4 is 38.4 Å². The predicted octanol–water partition coefficient (Wildman–Crippen LogP) is 1.95. The zero-order valence-corrected chi connectivity index (χ0v) is 13.0. The molecule has 0 aromatic heterocycles. The van der Waals surface area contributed by atoms with E-state index >= 15 is 0 Å². The predicted molar refractivity (Wildman–Crippen MR) is 74.9 cm³/mol. The van der Waals surface area contributed by atoms with Crippen LogP contribution >= 0.6 is 28.3 Å². The van der Waals surface area contributed by atoms with Gasteiger partial charge in [0.1, 0.15) is 5.82 Å². The molecule has 0 radical (unpaired) electrons. The van der Waals surface area contributed by atoms with Gasteiger partial charge in [0.25, 0.3) is 0 Å². The van der Waals surface area contributed by atoms with Gasteiger partial charge in [-0.25, -0.2) is 17.5 Å². The summed E-state index contributed by atoms with van der Waals surface area (Å²) in [5, 5.41) is 0. The van der Waals surface area contributed by atoms with Gasteiger partial charge in [-0.15, -0.1) is 12.4 Å². The van der Waals surface area contributed by atoms with Crippen LogP contribution in [0.25, 0.3) is 0 Å². The molecule has 0 saturated carbocycles. The molecular weight excluding hydrogens is 347 g/mol. The Labute approximate surface area is 121 Å². The van der Waals surface area contributed by atoms with E-state index in [1.807, 2.05) is 0 Å². The zero-order chi connectivity index (χ0) is 13.1. The van der Waals surface area contributed by atoms with E-state index in [4.69, 9.17) is 5.73 Å². The molecule has 8 heteroatoms. The highest BCUT2D eigenvalue weighted by atomic mass is 79.9. The topological polar surface area (TPSA) is 72.2 Å². The van der Waals surface area contributed by atoms with Gasteiger partial charge in [0.05, 0.1) is 9.37 Å². The third-order valence-corrected chi connectivity index (χ3v) is 4.39. The van der Waals surface area contributed by atoms with E-state index in [0.717, 1.165) is 0 Å². The molecule has 0 aliphatic carbocycles. The molecule has 1 aromatic rings. The summed E-state index contributed by atoms with van der Waals surface area (Å²) < 4.78 is 39.5. The Hall–Kier alpha value is -0.210. The summed E-state index contributed by atoms with van der Waals surface area (Å²) in [5.74, 6) is -0.483. The van der Waals surface area contributed by atoms with Crippen LogP contribution in [-0.4, -0.2) is 21.5 Å². The van der Waals surface area contributed by atoms with Crippen LogP contribution in [-0.2, 0) is 10.0 Å². The summed E-state index contributed by atoms with van der Waals surface area (Å²) in [5.41, 5.74) is 5.65. The van der Waals surface area contributed by atoms with Crippen LogP contribution in [0, 0.1) is 12.7 Å². The summed E-state index contributed by atoms with van der Waals surface area (Å²) in [6.45, 7) is 2.23. The molecule has 1 rings (SSSR count). The first-order valence-electron chi connectivity index (χ1n) is 5.04. The van der Waals surface area contributed by atoms with E-state index in [1.54, 1.807) is 6.92 Å². The largest absolute Gasteiger partial charge is 0.330 e. The number of benzene rings is 1. The molecule has 0 aliphatic rings. The van der Waals surface area contributed by atoms with Crippen LogP contribution in [0.4, 0.5) is 4.39 Å². The molecule has 104 valence electrons. The number of hydrogen-bond donors (Lipinski definition) is 2. The van der Waals surface area contributed by atoms with Crippen LogP contribution in [0.15, 0.2) is 21.5 Å². The highest BCUT2D eigenvalue weighted by molar-refractivity contribution is 9.10. The number of rotatable bonds is 5. The molecule has 0 bridgehead atoms. The van der Waals surface area contributed by atoms with Crippen molar-refractivity contribution in [1.29, 1.82) is 0 Å². The maximum absolute atomic E-state index is 13.2. The van der Waals surface area contributed by atoms with E-state index in [0.29, 0.717) is 18.5 Å². The van der Waals surface area contributed by atoms with Crippen molar-refractivity contribution in [2.45, 2.75) is 18.2 Å². The van der Waals surface area contributed by atoms with Gasteiger partial charge < -0.3 is 5.73 Å². The maximum Gasteiger partial charge on any atom is 0.240 e. The Kier molecular flexibility index (Phi) is 7.31. The monoisotopic (exact) mass is 360 g/mol. The van der Waals surface area contributed by atoms with E-state index in [2.05, 4.69) is 20.7 Å². The highest BCUT2D eigenvalue weighted by Gasteiger charge is 2.18. The minimum absolute atomic E-state index is 0. The molecule has 0 fully saturated rings. The summed E-state index contributed by atoms with van der Waals surface area (Å²) in [7, 11) is -3.60. The van der Waals surface area contributed by atoms with Crippen LogP contribution in [0.2, 0.25) is 0 Å². The summed E-state index contributed by atoms with van der Waals surface area (Å²) in [6, 6.07) is 2.44. The highest BCUT2D eigenvalue weighted by Crippen LogP contribution is 2.23. The first kappa shape index (κ1) is 17.8. The normalized spacial score (nSPS) is 11.1. The number of nitrogens with two attached hydrogens (primary N) is 1. The average Bonchev–Trinajstić information content (AvgIpc) is 2.23. The lowest BCUT2D eigenvalue weighted by atomic mass is 10.2. The number of sulfonamides is 1. The number of aryl methyl sites for hydroxylation is 1. The van der Waals surface area contributed by atoms with Gasteiger partial charge in [-0.3, -0.25) is 0 Å². The second-order valence-corrected chi connectivity index (χ2v) is 6.16. The van der Waals surface area contributed by atoms with Gasteiger partial charge >= 0.3 is 0 Å². The molecule has 0 spiro atoms. The molecule has 0 amide bonds. The second kappa shape index (κ2) is 7.40. The lowest BCUT2D eigenvalue weighted by molar-refractivity contribution is 0.577. The van der Waals surface area contributed by atoms with Crippen molar-refractivity contribution in [3.63, 3.8) is 0 Å². The Morgan fingerprint density at radius 3 is 2.61 bits per heavy atom. The van der Waals surface area contributed by atoms with E-state index in [-0.39, 0.29) is 28.3 Å². The minimum Gasteiger partial charge on any atom is -0.330 e. The minimum atomic E-state index is -3.60. The molecule has 3 N–H and O–H groups in total. The molecule has 0 aliphatic heterocycles. The molecule has 0 atom stereocenters. The summed E-state index contributed by atoms with van der Waals surface area (Å²) in [6.07, 6.45) is 0.556. The first-order chi connectivity index (χ1) is 7.88. The Morgan fingerprint density at radius 1 is 1.44 bits per heavy atom. The molecule has 4 nitrogen and oxygen atoms in total. The molecule has 0 unspecified atom stereocenters.